The van der Waals surface area contributed by atoms with Crippen LogP contribution in [0.15, 0.2) is 24.3 Å². The lowest BCUT2D eigenvalue weighted by Crippen LogP contribution is -2.25. The van der Waals surface area contributed by atoms with Crippen molar-refractivity contribution in [2.75, 3.05) is 26.4 Å². The number of ether oxygens (including phenoxy) is 2. The first-order valence-electron chi connectivity index (χ1n) is 21.3. The van der Waals surface area contributed by atoms with Gasteiger partial charge in [-0.3, -0.25) is 18.6 Å². The van der Waals surface area contributed by atoms with E-state index in [2.05, 4.69) is 38.2 Å². The lowest BCUT2D eigenvalue weighted by Gasteiger charge is -2.17. The minimum atomic E-state index is -4.60. The number of aliphatic hydroxyl groups is 2. The number of carbonyl (C=O) groups is 2. The summed E-state index contributed by atoms with van der Waals surface area (Å²) in [5, 5.41) is 20.0. The lowest BCUT2D eigenvalue weighted by atomic mass is 10.1. The predicted molar refractivity (Wildman–Crippen MR) is 220 cm³/mol. The SMILES string of the molecule is CCCCCCCC/C=C\CCCCCCCC(=O)OC[C@H](O)COP(=O)(O)OC[C@@H](O)COC(=O)CCCCCCC/C=C\CCCCCCCC.N. The fraction of sp³-hybridized carbons (Fsp3) is 0.857. The average molecular weight is 792 g/mol. The molecule has 0 heterocycles. The van der Waals surface area contributed by atoms with E-state index in [0.717, 1.165) is 64.2 Å². The second kappa shape index (κ2) is 41.1. The van der Waals surface area contributed by atoms with Crippen molar-refractivity contribution in [1.29, 1.82) is 0 Å². The molecule has 11 nitrogen and oxygen atoms in total. The third kappa shape index (κ3) is 41.6. The van der Waals surface area contributed by atoms with Gasteiger partial charge >= 0.3 is 19.8 Å². The Balaban J connectivity index is 0. The number of esters is 2. The number of aliphatic hydroxyl groups excluding tert-OH is 2. The minimum absolute atomic E-state index is 0. The van der Waals surface area contributed by atoms with E-state index >= 15 is 0 Å². The number of phosphoric acid groups is 1. The summed E-state index contributed by atoms with van der Waals surface area (Å²) >= 11 is 0. The molecule has 0 aromatic carbocycles. The molecule has 0 amide bonds. The number of rotatable bonds is 40. The third-order valence-corrected chi connectivity index (χ3v) is 9.97. The predicted octanol–water partition coefficient (Wildman–Crippen LogP) is 11.2. The van der Waals surface area contributed by atoms with Crippen LogP contribution >= 0.6 is 7.82 Å². The second-order valence-corrected chi connectivity index (χ2v) is 15.9. The molecule has 0 saturated heterocycles. The number of hydrogen-bond acceptors (Lipinski definition) is 10. The van der Waals surface area contributed by atoms with Gasteiger partial charge in [-0.25, -0.2) is 4.57 Å². The first kappa shape index (κ1) is 54.5. The van der Waals surface area contributed by atoms with E-state index < -0.39 is 45.2 Å². The van der Waals surface area contributed by atoms with Gasteiger partial charge in [0.1, 0.15) is 25.4 Å². The van der Waals surface area contributed by atoms with Crippen LogP contribution < -0.4 is 6.15 Å². The molecule has 0 aliphatic carbocycles. The summed E-state index contributed by atoms with van der Waals surface area (Å²) in [6, 6.07) is 0. The summed E-state index contributed by atoms with van der Waals surface area (Å²) in [6.45, 7) is 2.52. The molecule has 0 aromatic rings. The first-order chi connectivity index (χ1) is 25.7. The molecule has 6 N–H and O–H groups in total. The molecular formula is C42H82NO10P. The van der Waals surface area contributed by atoms with Gasteiger partial charge < -0.3 is 30.7 Å². The van der Waals surface area contributed by atoms with Crippen LogP contribution in [0.1, 0.15) is 194 Å². The van der Waals surface area contributed by atoms with Crippen molar-refractivity contribution in [3.05, 3.63) is 24.3 Å². The maximum atomic E-state index is 12.1. The van der Waals surface area contributed by atoms with Crippen molar-refractivity contribution in [3.8, 4) is 0 Å². The monoisotopic (exact) mass is 792 g/mol. The van der Waals surface area contributed by atoms with E-state index in [1.165, 1.54) is 89.9 Å². The highest BCUT2D eigenvalue weighted by molar-refractivity contribution is 7.47. The lowest BCUT2D eigenvalue weighted by molar-refractivity contribution is -0.147. The van der Waals surface area contributed by atoms with Crippen LogP contribution in [-0.2, 0) is 32.7 Å². The Morgan fingerprint density at radius 1 is 0.481 bits per heavy atom. The molecule has 320 valence electrons. The number of hydrogen-bond donors (Lipinski definition) is 4. The van der Waals surface area contributed by atoms with Crippen molar-refractivity contribution in [3.63, 3.8) is 0 Å². The van der Waals surface area contributed by atoms with Crippen molar-refractivity contribution in [2.45, 2.75) is 206 Å². The van der Waals surface area contributed by atoms with Gasteiger partial charge in [-0.15, -0.1) is 0 Å². The van der Waals surface area contributed by atoms with Crippen LogP contribution in [0.25, 0.3) is 0 Å². The largest absolute Gasteiger partial charge is 0.472 e. The van der Waals surface area contributed by atoms with Gasteiger partial charge in [0.15, 0.2) is 0 Å². The van der Waals surface area contributed by atoms with Gasteiger partial charge in [0.25, 0.3) is 0 Å². The highest BCUT2D eigenvalue weighted by Crippen LogP contribution is 2.43. The molecule has 0 spiro atoms. The molecule has 0 aliphatic rings. The van der Waals surface area contributed by atoms with Crippen LogP contribution in [0, 0.1) is 0 Å². The topological polar surface area (TPSA) is 184 Å². The van der Waals surface area contributed by atoms with E-state index in [1.807, 2.05) is 0 Å². The van der Waals surface area contributed by atoms with Crippen molar-refractivity contribution in [1.82, 2.24) is 6.15 Å². The Labute approximate surface area is 329 Å². The summed E-state index contributed by atoms with van der Waals surface area (Å²) in [5.74, 6) is -0.889. The third-order valence-electron chi connectivity index (χ3n) is 9.02. The normalized spacial score (nSPS) is 13.0. The summed E-state index contributed by atoms with van der Waals surface area (Å²) < 4.78 is 31.7. The van der Waals surface area contributed by atoms with Gasteiger partial charge in [-0.2, -0.15) is 0 Å². The van der Waals surface area contributed by atoms with Crippen LogP contribution in [0.3, 0.4) is 0 Å². The van der Waals surface area contributed by atoms with Crippen molar-refractivity contribution in [2.24, 2.45) is 0 Å². The van der Waals surface area contributed by atoms with Crippen molar-refractivity contribution < 1.29 is 47.8 Å². The molecule has 12 heteroatoms. The zero-order valence-corrected chi connectivity index (χ0v) is 35.3. The molecule has 0 aliphatic heterocycles. The molecule has 54 heavy (non-hydrogen) atoms. The molecule has 0 saturated carbocycles. The second-order valence-electron chi connectivity index (χ2n) is 14.4. The van der Waals surface area contributed by atoms with E-state index in [-0.39, 0.29) is 32.2 Å². The molecule has 0 bridgehead atoms. The number of unbranched alkanes of at least 4 members (excludes halogenated alkanes) is 22. The van der Waals surface area contributed by atoms with Gasteiger partial charge in [-0.05, 0) is 64.2 Å². The smallest absolute Gasteiger partial charge is 0.463 e. The van der Waals surface area contributed by atoms with Crippen LogP contribution in [0.4, 0.5) is 0 Å². The molecule has 0 rings (SSSR count). The zero-order valence-electron chi connectivity index (χ0n) is 34.4. The van der Waals surface area contributed by atoms with E-state index in [4.69, 9.17) is 18.5 Å². The first-order valence-corrected chi connectivity index (χ1v) is 22.8. The Morgan fingerprint density at radius 3 is 1.07 bits per heavy atom. The Kier molecular flexibility index (Phi) is 41.4. The van der Waals surface area contributed by atoms with Crippen LogP contribution in [0.5, 0.6) is 0 Å². The van der Waals surface area contributed by atoms with Crippen molar-refractivity contribution >= 4 is 19.8 Å². The Bertz CT molecular complexity index is 878. The highest BCUT2D eigenvalue weighted by Gasteiger charge is 2.25. The molecule has 2 atom stereocenters. The summed E-state index contributed by atoms with van der Waals surface area (Å²) in [7, 11) is -4.60. The zero-order chi connectivity index (χ0) is 39.1. The molecule has 0 unspecified atom stereocenters. The number of phosphoric ester groups is 1. The average Bonchev–Trinajstić information content (AvgIpc) is 3.14. The van der Waals surface area contributed by atoms with E-state index in [1.54, 1.807) is 0 Å². The Morgan fingerprint density at radius 2 is 0.759 bits per heavy atom. The fourth-order valence-electron chi connectivity index (χ4n) is 5.70. The Hall–Kier alpha value is -1.59. The summed E-state index contributed by atoms with van der Waals surface area (Å²) in [4.78, 5) is 33.8. The quantitative estimate of drug-likeness (QED) is 0.0200. The van der Waals surface area contributed by atoms with Crippen LogP contribution in [0.2, 0.25) is 0 Å². The maximum absolute atomic E-state index is 12.1. The van der Waals surface area contributed by atoms with Gasteiger partial charge in [0.05, 0.1) is 13.2 Å². The van der Waals surface area contributed by atoms with Crippen LogP contribution in [-0.4, -0.2) is 65.7 Å². The molecule has 0 aromatic heterocycles. The molecule has 0 radical (unpaired) electrons. The van der Waals surface area contributed by atoms with Gasteiger partial charge in [-0.1, -0.05) is 141 Å². The minimum Gasteiger partial charge on any atom is -0.463 e. The van der Waals surface area contributed by atoms with E-state index in [0.29, 0.717) is 12.8 Å². The maximum Gasteiger partial charge on any atom is 0.472 e. The number of carbonyl (C=O) groups excluding carboxylic acids is 2. The standard InChI is InChI=1S/C42H79O10P.H3N/c1-3-5-7-9-11-13-15-17-19-21-23-25-27-29-31-33-41(45)49-35-39(43)37-51-53(47,48)52-38-40(44)36-50-42(46)34-32-30-28-26-24-22-20-18-16-14-12-10-8-6-4-2;/h17-20,39-40,43-44H,3-16,21-38H2,1-2H3,(H,47,48);1H3/b19-17-,20-18-;/t39-,40-;/m0./s1. The summed E-state index contributed by atoms with van der Waals surface area (Å²) in [6.07, 6.45) is 37.3. The fourth-order valence-corrected chi connectivity index (χ4v) is 6.49. The molecular weight excluding hydrogens is 709 g/mol. The van der Waals surface area contributed by atoms with E-state index in [9.17, 15) is 29.3 Å². The highest BCUT2D eigenvalue weighted by atomic mass is 31.2. The van der Waals surface area contributed by atoms with Gasteiger partial charge in [0, 0.05) is 12.8 Å². The van der Waals surface area contributed by atoms with Gasteiger partial charge in [0.2, 0.25) is 0 Å². The summed E-state index contributed by atoms with van der Waals surface area (Å²) in [5.41, 5.74) is 0. The number of allylic oxidation sites excluding steroid dienone is 4. The molecule has 0 fully saturated rings.